The van der Waals surface area contributed by atoms with Gasteiger partial charge in [-0.15, -0.1) is 18.2 Å². The zero-order chi connectivity index (χ0) is 18.3. The van der Waals surface area contributed by atoms with Gasteiger partial charge in [0.25, 0.3) is 0 Å². The first kappa shape index (κ1) is 18.3. The first-order valence-electron chi connectivity index (χ1n) is 7.30. The van der Waals surface area contributed by atoms with E-state index in [4.69, 9.17) is 4.74 Å². The summed E-state index contributed by atoms with van der Waals surface area (Å²) in [6.07, 6.45) is -2.16. The molecule has 2 heterocycles. The third kappa shape index (κ3) is 3.30. The number of thiol groups is 1. The lowest BCUT2D eigenvalue weighted by atomic mass is 9.97. The molecule has 0 saturated carbocycles. The summed E-state index contributed by atoms with van der Waals surface area (Å²) < 4.78 is 45.0. The van der Waals surface area contributed by atoms with Gasteiger partial charge in [0, 0.05) is 11.8 Å². The topological polar surface area (TPSA) is 97.2 Å². The molecule has 1 aromatic rings. The van der Waals surface area contributed by atoms with Gasteiger partial charge in [-0.2, -0.15) is 0 Å². The monoisotopic (exact) mass is 379 g/mol. The molecule has 5 atom stereocenters. The van der Waals surface area contributed by atoms with Gasteiger partial charge in [-0.3, -0.25) is 5.01 Å². The molecule has 3 rings (SSSR count). The fourth-order valence-corrected chi connectivity index (χ4v) is 3.09. The number of benzene rings is 1. The van der Waals surface area contributed by atoms with Gasteiger partial charge in [-0.05, 0) is 12.1 Å². The number of nitrogens with zero attached hydrogens (tertiary/aromatic N) is 1. The van der Waals surface area contributed by atoms with Crippen LogP contribution in [-0.2, 0) is 4.74 Å². The molecule has 1 aromatic carbocycles. The Hall–Kier alpha value is -1.50. The lowest BCUT2D eigenvalue weighted by molar-refractivity contribution is -0.188. The summed E-state index contributed by atoms with van der Waals surface area (Å²) in [5.74, 6) is -4.28. The molecule has 0 amide bonds. The minimum atomic E-state index is -1.58. The van der Waals surface area contributed by atoms with Crippen molar-refractivity contribution >= 4 is 18.3 Å². The van der Waals surface area contributed by atoms with Gasteiger partial charge in [0.15, 0.2) is 17.5 Å². The second-order valence-corrected chi connectivity index (χ2v) is 6.17. The van der Waals surface area contributed by atoms with Gasteiger partial charge in [-0.25, -0.2) is 13.2 Å². The molecule has 0 bridgehead atoms. The molecule has 5 N–H and O–H groups in total. The first-order chi connectivity index (χ1) is 11.8. The molecule has 0 spiro atoms. The van der Waals surface area contributed by atoms with Crippen molar-refractivity contribution in [2.45, 2.75) is 29.8 Å². The molecule has 25 heavy (non-hydrogen) atoms. The molecule has 5 unspecified atom stereocenters. The van der Waals surface area contributed by atoms with Crippen LogP contribution in [0.4, 0.5) is 13.2 Å². The number of aliphatic hydroxyl groups excluding tert-OH is 3. The maximum absolute atomic E-state index is 13.4. The SMILES string of the molecule is OCC1OC(S)C(O)C(N2C=C(c3cc(F)c(F)c(F)c3)NN2)C1O. The Morgan fingerprint density at radius 1 is 1.16 bits per heavy atom. The summed E-state index contributed by atoms with van der Waals surface area (Å²) in [4.78, 5) is 0. The predicted octanol–water partition coefficient (Wildman–Crippen LogP) is -0.536. The third-order valence-corrected chi connectivity index (χ3v) is 4.50. The van der Waals surface area contributed by atoms with E-state index in [1.807, 2.05) is 0 Å². The molecule has 0 aromatic heterocycles. The van der Waals surface area contributed by atoms with Gasteiger partial charge in [0.1, 0.15) is 29.8 Å². The predicted molar refractivity (Wildman–Crippen MR) is 82.9 cm³/mol. The van der Waals surface area contributed by atoms with Crippen LogP contribution in [-0.4, -0.2) is 56.7 Å². The van der Waals surface area contributed by atoms with Gasteiger partial charge >= 0.3 is 0 Å². The average molecular weight is 379 g/mol. The summed E-state index contributed by atoms with van der Waals surface area (Å²) in [5.41, 5.74) is 4.46. The fraction of sp³-hybridized carbons (Fsp3) is 0.429. The van der Waals surface area contributed by atoms with Gasteiger partial charge in [0.05, 0.1) is 12.3 Å². The summed E-state index contributed by atoms with van der Waals surface area (Å²) in [5, 5.41) is 31.0. The summed E-state index contributed by atoms with van der Waals surface area (Å²) in [6, 6.07) is 0.627. The molecular weight excluding hydrogens is 363 g/mol. The lowest BCUT2D eigenvalue weighted by Gasteiger charge is -2.44. The van der Waals surface area contributed by atoms with Crippen LogP contribution in [0.25, 0.3) is 5.70 Å². The highest BCUT2D eigenvalue weighted by molar-refractivity contribution is 7.80. The Morgan fingerprint density at radius 2 is 1.80 bits per heavy atom. The molecule has 2 aliphatic rings. The maximum atomic E-state index is 13.4. The molecule has 7 nitrogen and oxygen atoms in total. The summed E-state index contributed by atoms with van der Waals surface area (Å²) in [6.45, 7) is -0.492. The van der Waals surface area contributed by atoms with E-state index in [-0.39, 0.29) is 11.3 Å². The third-order valence-electron chi connectivity index (χ3n) is 4.07. The standard InChI is InChI=1S/C14H16F3N3O4S/c15-6-1-5(2-7(16)10(6)17)8-3-20(19-18-8)11-12(22)9(4-21)24-14(25)13(11)23/h1-3,9,11-14,18-19,21-23,25H,4H2. The average Bonchev–Trinajstić information content (AvgIpc) is 3.05. The molecule has 11 heteroatoms. The molecule has 2 aliphatic heterocycles. The van der Waals surface area contributed by atoms with Crippen LogP contribution >= 0.6 is 12.6 Å². The van der Waals surface area contributed by atoms with Crippen LogP contribution in [0.1, 0.15) is 5.56 Å². The molecule has 1 saturated heterocycles. The Labute approximate surface area is 146 Å². The number of nitrogens with one attached hydrogen (secondary N) is 2. The molecule has 138 valence electrons. The Kier molecular flexibility index (Phi) is 5.14. The first-order valence-corrected chi connectivity index (χ1v) is 7.82. The quantitative estimate of drug-likeness (QED) is 0.310. The van der Waals surface area contributed by atoms with E-state index in [0.29, 0.717) is 0 Å². The van der Waals surface area contributed by atoms with Gasteiger partial charge in [0.2, 0.25) is 0 Å². The molecule has 0 aliphatic carbocycles. The van der Waals surface area contributed by atoms with Crippen LogP contribution in [0.2, 0.25) is 0 Å². The number of hydrogen-bond donors (Lipinski definition) is 6. The van der Waals surface area contributed by atoms with Crippen LogP contribution in [0, 0.1) is 17.5 Å². The van der Waals surface area contributed by atoms with Crippen molar-refractivity contribution < 1.29 is 33.2 Å². The Morgan fingerprint density at radius 3 is 2.40 bits per heavy atom. The van der Waals surface area contributed by atoms with E-state index in [9.17, 15) is 28.5 Å². The minimum Gasteiger partial charge on any atom is -0.394 e. The lowest BCUT2D eigenvalue weighted by Crippen LogP contribution is -2.64. The Bertz CT molecular complexity index is 672. The van der Waals surface area contributed by atoms with E-state index in [1.54, 1.807) is 0 Å². The zero-order valence-electron chi connectivity index (χ0n) is 12.6. The van der Waals surface area contributed by atoms with E-state index in [1.165, 1.54) is 11.2 Å². The molecule has 0 radical (unpaired) electrons. The minimum absolute atomic E-state index is 0.0172. The van der Waals surface area contributed by atoms with E-state index >= 15 is 0 Å². The second-order valence-electron chi connectivity index (χ2n) is 5.66. The van der Waals surface area contributed by atoms with Crippen LogP contribution in [0.3, 0.4) is 0 Å². The maximum Gasteiger partial charge on any atom is 0.194 e. The number of ether oxygens (including phenoxy) is 1. The van der Waals surface area contributed by atoms with E-state index in [2.05, 4.69) is 23.6 Å². The zero-order valence-corrected chi connectivity index (χ0v) is 13.5. The second kappa shape index (κ2) is 7.02. The fourth-order valence-electron chi connectivity index (χ4n) is 2.76. The highest BCUT2D eigenvalue weighted by Crippen LogP contribution is 2.29. The molecule has 1 fully saturated rings. The van der Waals surface area contributed by atoms with Crippen molar-refractivity contribution in [3.05, 3.63) is 41.3 Å². The Balaban J connectivity index is 1.87. The van der Waals surface area contributed by atoms with Crippen molar-refractivity contribution in [2.75, 3.05) is 6.61 Å². The van der Waals surface area contributed by atoms with Crippen LogP contribution < -0.4 is 11.0 Å². The van der Waals surface area contributed by atoms with E-state index in [0.717, 1.165) is 12.1 Å². The highest BCUT2D eigenvalue weighted by atomic mass is 32.1. The van der Waals surface area contributed by atoms with E-state index < -0.39 is 53.8 Å². The number of hydrazine groups is 2. The summed E-state index contributed by atoms with van der Waals surface area (Å²) in [7, 11) is 0. The largest absolute Gasteiger partial charge is 0.394 e. The smallest absolute Gasteiger partial charge is 0.194 e. The number of hydrogen-bond acceptors (Lipinski definition) is 8. The molecular formula is C14H16F3N3O4S. The number of rotatable bonds is 3. The van der Waals surface area contributed by atoms with Gasteiger partial charge < -0.3 is 25.5 Å². The van der Waals surface area contributed by atoms with Gasteiger partial charge in [-0.1, -0.05) is 0 Å². The van der Waals surface area contributed by atoms with Crippen LogP contribution in [0.15, 0.2) is 18.3 Å². The van der Waals surface area contributed by atoms with Crippen molar-refractivity contribution in [1.82, 2.24) is 16.0 Å². The number of aliphatic hydroxyl groups is 3. The van der Waals surface area contributed by atoms with Crippen molar-refractivity contribution in [1.29, 1.82) is 0 Å². The van der Waals surface area contributed by atoms with Crippen molar-refractivity contribution in [3.8, 4) is 0 Å². The summed E-state index contributed by atoms with van der Waals surface area (Å²) >= 11 is 4.06. The number of halogens is 3. The highest BCUT2D eigenvalue weighted by Gasteiger charge is 2.46. The van der Waals surface area contributed by atoms with Crippen molar-refractivity contribution in [2.24, 2.45) is 0 Å². The normalized spacial score (nSPS) is 32.5. The van der Waals surface area contributed by atoms with Crippen LogP contribution in [0.5, 0.6) is 0 Å². The van der Waals surface area contributed by atoms with Crippen molar-refractivity contribution in [3.63, 3.8) is 0 Å².